The highest BCUT2D eigenvalue weighted by Gasteiger charge is 2.22. The second kappa shape index (κ2) is 7.82. The van der Waals surface area contributed by atoms with E-state index in [1.807, 2.05) is 0 Å². The molecule has 0 radical (unpaired) electrons. The number of benzene rings is 1. The van der Waals surface area contributed by atoms with Crippen LogP contribution in [0.5, 0.6) is 0 Å². The number of pyridine rings is 1. The summed E-state index contributed by atoms with van der Waals surface area (Å²) >= 11 is 0. The van der Waals surface area contributed by atoms with Crippen LogP contribution in [-0.2, 0) is 17.9 Å². The zero-order valence-electron chi connectivity index (χ0n) is 14.2. The first-order valence-corrected chi connectivity index (χ1v) is 7.98. The van der Waals surface area contributed by atoms with Gasteiger partial charge in [0.15, 0.2) is 0 Å². The minimum Gasteiger partial charge on any atom is -0.467 e. The first-order valence-electron chi connectivity index (χ1n) is 7.98. The lowest BCUT2D eigenvalue weighted by Crippen LogP contribution is -2.36. The maximum absolute atomic E-state index is 14.3. The molecule has 0 fully saturated rings. The van der Waals surface area contributed by atoms with Crippen molar-refractivity contribution in [3.8, 4) is 0 Å². The van der Waals surface area contributed by atoms with E-state index in [0.29, 0.717) is 11.8 Å². The van der Waals surface area contributed by atoms with Crippen LogP contribution in [0.15, 0.2) is 64.1 Å². The van der Waals surface area contributed by atoms with Gasteiger partial charge in [-0.05, 0) is 24.3 Å². The van der Waals surface area contributed by atoms with E-state index >= 15 is 0 Å². The Bertz CT molecular complexity index is 1080. The Morgan fingerprint density at radius 1 is 1.21 bits per heavy atom. The van der Waals surface area contributed by atoms with E-state index in [1.165, 1.54) is 6.26 Å². The number of hydrogen-bond donors (Lipinski definition) is 0. The van der Waals surface area contributed by atoms with Gasteiger partial charge in [-0.3, -0.25) is 24.3 Å². The van der Waals surface area contributed by atoms with Crippen LogP contribution in [-0.4, -0.2) is 15.4 Å². The van der Waals surface area contributed by atoms with Crippen molar-refractivity contribution >= 4 is 17.3 Å². The minimum absolute atomic E-state index is 0.182. The Morgan fingerprint density at radius 2 is 2.00 bits per heavy atom. The summed E-state index contributed by atoms with van der Waals surface area (Å²) < 4.78 is 33.5. The van der Waals surface area contributed by atoms with Crippen molar-refractivity contribution in [2.24, 2.45) is 0 Å². The quantitative estimate of drug-likeness (QED) is 0.477. The Balaban J connectivity index is 1.96. The largest absolute Gasteiger partial charge is 0.467 e. The molecule has 0 unspecified atom stereocenters. The van der Waals surface area contributed by atoms with E-state index in [1.54, 1.807) is 12.1 Å². The molecule has 0 saturated heterocycles. The molecule has 1 aromatic carbocycles. The van der Waals surface area contributed by atoms with Gasteiger partial charge in [-0.2, -0.15) is 0 Å². The monoisotopic (exact) mass is 389 g/mol. The molecule has 3 aromatic rings. The number of anilines is 1. The van der Waals surface area contributed by atoms with E-state index < -0.39 is 34.6 Å². The molecular weight excluding hydrogens is 376 g/mol. The van der Waals surface area contributed by atoms with Crippen LogP contribution in [0.2, 0.25) is 0 Å². The van der Waals surface area contributed by atoms with E-state index in [0.717, 1.165) is 39.9 Å². The van der Waals surface area contributed by atoms with Crippen molar-refractivity contribution in [2.45, 2.75) is 13.1 Å². The number of hydrogen-bond acceptors (Lipinski definition) is 5. The Kier molecular flexibility index (Phi) is 5.30. The summed E-state index contributed by atoms with van der Waals surface area (Å²) in [6.45, 7) is -0.768. The highest BCUT2D eigenvalue weighted by atomic mass is 19.1. The number of halogens is 2. The summed E-state index contributed by atoms with van der Waals surface area (Å²) in [5.74, 6) is -2.22. The molecule has 0 N–H and O–H groups in total. The molecule has 0 spiro atoms. The molecule has 8 nitrogen and oxygen atoms in total. The molecule has 144 valence electrons. The van der Waals surface area contributed by atoms with Gasteiger partial charge in [0.2, 0.25) is 5.91 Å². The van der Waals surface area contributed by atoms with Crippen LogP contribution in [0.1, 0.15) is 5.76 Å². The summed E-state index contributed by atoms with van der Waals surface area (Å²) in [7, 11) is 0. The van der Waals surface area contributed by atoms with Gasteiger partial charge in [-0.25, -0.2) is 8.78 Å². The first-order chi connectivity index (χ1) is 13.3. The van der Waals surface area contributed by atoms with E-state index in [9.17, 15) is 28.5 Å². The molecule has 3 rings (SSSR count). The van der Waals surface area contributed by atoms with Gasteiger partial charge in [-0.1, -0.05) is 0 Å². The molecule has 0 saturated carbocycles. The number of aromatic nitrogens is 1. The van der Waals surface area contributed by atoms with E-state index in [2.05, 4.69) is 0 Å². The number of amides is 1. The zero-order chi connectivity index (χ0) is 20.3. The number of nitro groups is 1. The van der Waals surface area contributed by atoms with Gasteiger partial charge >= 0.3 is 0 Å². The van der Waals surface area contributed by atoms with Gasteiger partial charge in [-0.15, -0.1) is 0 Å². The Hall–Kier alpha value is -3.82. The number of furan rings is 1. The molecule has 2 heterocycles. The molecule has 0 aliphatic heterocycles. The maximum Gasteiger partial charge on any atom is 0.285 e. The standard InChI is InChI=1S/C18H13F2N3O5/c19-12-3-5-16(15(20)8-12)22(10-14-2-1-7-28-14)18(25)11-21-9-13(23(26)27)4-6-17(21)24/h1-9H,10-11H2. The van der Waals surface area contributed by atoms with Crippen LogP contribution in [0.3, 0.4) is 0 Å². The maximum atomic E-state index is 14.3. The third kappa shape index (κ3) is 4.11. The second-order valence-corrected chi connectivity index (χ2v) is 5.77. The summed E-state index contributed by atoms with van der Waals surface area (Å²) in [6, 6.07) is 7.80. The second-order valence-electron chi connectivity index (χ2n) is 5.77. The van der Waals surface area contributed by atoms with Crippen molar-refractivity contribution in [1.29, 1.82) is 0 Å². The molecule has 28 heavy (non-hydrogen) atoms. The first kappa shape index (κ1) is 19.0. The number of rotatable bonds is 6. The highest BCUT2D eigenvalue weighted by Crippen LogP contribution is 2.23. The summed E-state index contributed by atoms with van der Waals surface area (Å²) in [6.07, 6.45) is 2.29. The zero-order valence-corrected chi connectivity index (χ0v) is 14.2. The normalized spacial score (nSPS) is 10.6. The molecule has 0 aliphatic carbocycles. The van der Waals surface area contributed by atoms with E-state index in [4.69, 9.17) is 4.42 Å². The van der Waals surface area contributed by atoms with Crippen molar-refractivity contribution in [3.63, 3.8) is 0 Å². The summed E-state index contributed by atoms with van der Waals surface area (Å²) in [5.41, 5.74) is -1.24. The lowest BCUT2D eigenvalue weighted by Gasteiger charge is -2.23. The van der Waals surface area contributed by atoms with Gasteiger partial charge in [0.25, 0.3) is 11.2 Å². The van der Waals surface area contributed by atoms with Crippen molar-refractivity contribution in [1.82, 2.24) is 4.57 Å². The Morgan fingerprint density at radius 3 is 2.64 bits per heavy atom. The smallest absolute Gasteiger partial charge is 0.285 e. The SMILES string of the molecule is O=C(Cn1cc([N+](=O)[O-])ccc1=O)N(Cc1ccco1)c1ccc(F)cc1F. The van der Waals surface area contributed by atoms with Crippen LogP contribution in [0.25, 0.3) is 0 Å². The Labute approximate surface area is 156 Å². The number of nitrogens with zero attached hydrogens (tertiary/aromatic N) is 3. The number of carbonyl (C=O) groups is 1. The molecule has 0 aliphatic rings. The van der Waals surface area contributed by atoms with Crippen molar-refractivity contribution < 1.29 is 22.9 Å². The predicted octanol–water partition coefficient (Wildman–Crippen LogP) is 2.86. The fourth-order valence-corrected chi connectivity index (χ4v) is 2.55. The van der Waals surface area contributed by atoms with Gasteiger partial charge in [0, 0.05) is 18.2 Å². The van der Waals surface area contributed by atoms with Gasteiger partial charge in [0.1, 0.15) is 23.9 Å². The molecule has 10 heteroatoms. The fraction of sp³-hybridized carbons (Fsp3) is 0.111. The van der Waals surface area contributed by atoms with E-state index in [-0.39, 0.29) is 17.9 Å². The fourth-order valence-electron chi connectivity index (χ4n) is 2.55. The molecule has 2 aromatic heterocycles. The van der Waals surface area contributed by atoms with Gasteiger partial charge < -0.3 is 9.32 Å². The van der Waals surface area contributed by atoms with Crippen LogP contribution < -0.4 is 10.5 Å². The van der Waals surface area contributed by atoms with Crippen molar-refractivity contribution in [2.75, 3.05) is 4.90 Å². The van der Waals surface area contributed by atoms with Crippen molar-refractivity contribution in [3.05, 3.63) is 92.8 Å². The average molecular weight is 389 g/mol. The van der Waals surface area contributed by atoms with Crippen LogP contribution >= 0.6 is 0 Å². The van der Waals surface area contributed by atoms with Crippen LogP contribution in [0.4, 0.5) is 20.2 Å². The molecule has 0 atom stereocenters. The molecule has 1 amide bonds. The highest BCUT2D eigenvalue weighted by molar-refractivity contribution is 5.93. The lowest BCUT2D eigenvalue weighted by molar-refractivity contribution is -0.385. The predicted molar refractivity (Wildman–Crippen MR) is 93.6 cm³/mol. The minimum atomic E-state index is -0.980. The summed E-state index contributed by atoms with van der Waals surface area (Å²) in [5, 5.41) is 10.9. The molecule has 0 bridgehead atoms. The molecular formula is C18H13F2N3O5. The number of carbonyl (C=O) groups excluding carboxylic acids is 1. The summed E-state index contributed by atoms with van der Waals surface area (Å²) in [4.78, 5) is 35.9. The third-order valence-electron chi connectivity index (χ3n) is 3.88. The lowest BCUT2D eigenvalue weighted by atomic mass is 10.2. The van der Waals surface area contributed by atoms with Gasteiger partial charge in [0.05, 0.1) is 29.6 Å². The third-order valence-corrected chi connectivity index (χ3v) is 3.88. The topological polar surface area (TPSA) is 98.6 Å². The van der Waals surface area contributed by atoms with Crippen LogP contribution in [0, 0.1) is 21.7 Å². The average Bonchev–Trinajstić information content (AvgIpc) is 3.15.